The van der Waals surface area contributed by atoms with Crippen LogP contribution in [0.25, 0.3) is 11.6 Å². The van der Waals surface area contributed by atoms with Gasteiger partial charge in [0.25, 0.3) is 5.69 Å². The van der Waals surface area contributed by atoms with Crippen molar-refractivity contribution in [3.8, 4) is 0 Å². The van der Waals surface area contributed by atoms with E-state index in [0.29, 0.717) is 11.1 Å². The zero-order valence-corrected chi connectivity index (χ0v) is 12.0. The minimum Gasteiger partial charge on any atom is -0.478 e. The molecular weight excluding hydrogens is 282 g/mol. The average Bonchev–Trinajstić information content (AvgIpc) is 2.53. The van der Waals surface area contributed by atoms with Gasteiger partial charge in [-0.25, -0.2) is 4.79 Å². The Labute approximate surface area is 127 Å². The van der Waals surface area contributed by atoms with Crippen molar-refractivity contribution in [3.63, 3.8) is 0 Å². The summed E-state index contributed by atoms with van der Waals surface area (Å²) in [6, 6.07) is 13.1. The van der Waals surface area contributed by atoms with E-state index in [0.717, 1.165) is 12.0 Å². The van der Waals surface area contributed by atoms with Gasteiger partial charge in [-0.15, -0.1) is 0 Å². The number of nitro groups is 1. The molecule has 0 spiro atoms. The molecule has 0 radical (unpaired) electrons. The SMILES string of the molecule is CCc1ccc(/C(=C/c2ccc([N+](=O)[O-])cc2)C(=O)O)cc1. The van der Waals surface area contributed by atoms with Crippen molar-refractivity contribution in [3.05, 3.63) is 75.3 Å². The first-order valence-corrected chi connectivity index (χ1v) is 6.80. The molecule has 0 aromatic heterocycles. The van der Waals surface area contributed by atoms with Gasteiger partial charge in [-0.2, -0.15) is 0 Å². The van der Waals surface area contributed by atoms with Gasteiger partial charge in [0.15, 0.2) is 0 Å². The zero-order chi connectivity index (χ0) is 16.1. The molecule has 0 heterocycles. The highest BCUT2D eigenvalue weighted by molar-refractivity contribution is 6.20. The lowest BCUT2D eigenvalue weighted by molar-refractivity contribution is -0.384. The van der Waals surface area contributed by atoms with Gasteiger partial charge in [-0.1, -0.05) is 31.2 Å². The smallest absolute Gasteiger partial charge is 0.336 e. The first kappa shape index (κ1) is 15.4. The maximum atomic E-state index is 11.5. The fraction of sp³-hybridized carbons (Fsp3) is 0.118. The van der Waals surface area contributed by atoms with Crippen LogP contribution in [0.5, 0.6) is 0 Å². The molecule has 0 aliphatic carbocycles. The van der Waals surface area contributed by atoms with Gasteiger partial charge in [0.1, 0.15) is 0 Å². The predicted molar refractivity (Wildman–Crippen MR) is 84.4 cm³/mol. The van der Waals surface area contributed by atoms with Crippen LogP contribution in [0.1, 0.15) is 23.6 Å². The normalized spacial score (nSPS) is 11.2. The molecule has 5 heteroatoms. The molecule has 0 fully saturated rings. The number of carbonyl (C=O) groups is 1. The zero-order valence-electron chi connectivity index (χ0n) is 12.0. The molecule has 22 heavy (non-hydrogen) atoms. The maximum Gasteiger partial charge on any atom is 0.336 e. The van der Waals surface area contributed by atoms with E-state index in [4.69, 9.17) is 0 Å². The molecular formula is C17H15NO4. The molecule has 0 atom stereocenters. The summed E-state index contributed by atoms with van der Waals surface area (Å²) in [5.41, 5.74) is 2.45. The van der Waals surface area contributed by atoms with E-state index < -0.39 is 10.9 Å². The van der Waals surface area contributed by atoms with Gasteiger partial charge in [-0.3, -0.25) is 10.1 Å². The van der Waals surface area contributed by atoms with E-state index in [1.807, 2.05) is 19.1 Å². The molecule has 0 bridgehead atoms. The lowest BCUT2D eigenvalue weighted by Crippen LogP contribution is -2.00. The summed E-state index contributed by atoms with van der Waals surface area (Å²) in [4.78, 5) is 21.6. The summed E-state index contributed by atoms with van der Waals surface area (Å²) in [5, 5.41) is 20.0. The van der Waals surface area contributed by atoms with Crippen molar-refractivity contribution >= 4 is 23.3 Å². The van der Waals surface area contributed by atoms with Gasteiger partial charge < -0.3 is 5.11 Å². The van der Waals surface area contributed by atoms with Crippen LogP contribution >= 0.6 is 0 Å². The maximum absolute atomic E-state index is 11.5. The van der Waals surface area contributed by atoms with Crippen LogP contribution in [0.2, 0.25) is 0 Å². The number of non-ortho nitro benzene ring substituents is 1. The Balaban J connectivity index is 2.37. The number of hydrogen-bond acceptors (Lipinski definition) is 3. The molecule has 0 aliphatic heterocycles. The molecule has 2 aromatic carbocycles. The van der Waals surface area contributed by atoms with Crippen molar-refractivity contribution in [2.45, 2.75) is 13.3 Å². The van der Waals surface area contributed by atoms with E-state index >= 15 is 0 Å². The third kappa shape index (κ3) is 3.58. The highest BCUT2D eigenvalue weighted by Crippen LogP contribution is 2.21. The van der Waals surface area contributed by atoms with Gasteiger partial charge in [0.2, 0.25) is 0 Å². The summed E-state index contributed by atoms with van der Waals surface area (Å²) in [6.45, 7) is 2.03. The molecule has 0 unspecified atom stereocenters. The number of aliphatic carboxylic acids is 1. The van der Waals surface area contributed by atoms with E-state index in [2.05, 4.69) is 0 Å². The fourth-order valence-electron chi connectivity index (χ4n) is 2.05. The number of hydrogen-bond donors (Lipinski definition) is 1. The molecule has 0 amide bonds. The fourth-order valence-corrected chi connectivity index (χ4v) is 2.05. The summed E-state index contributed by atoms with van der Waals surface area (Å²) < 4.78 is 0. The second kappa shape index (κ2) is 6.67. The molecule has 0 saturated heterocycles. The van der Waals surface area contributed by atoms with E-state index in [9.17, 15) is 20.0 Å². The quantitative estimate of drug-likeness (QED) is 0.394. The van der Waals surface area contributed by atoms with E-state index in [-0.39, 0.29) is 11.3 Å². The Hall–Kier alpha value is -2.95. The highest BCUT2D eigenvalue weighted by Gasteiger charge is 2.11. The predicted octanol–water partition coefficient (Wildman–Crippen LogP) is 3.78. The molecule has 1 N–H and O–H groups in total. The van der Waals surface area contributed by atoms with Gasteiger partial charge >= 0.3 is 5.97 Å². The van der Waals surface area contributed by atoms with Crippen molar-refractivity contribution in [1.29, 1.82) is 0 Å². The summed E-state index contributed by atoms with van der Waals surface area (Å²) in [7, 11) is 0. The third-order valence-electron chi connectivity index (χ3n) is 3.32. The Morgan fingerprint density at radius 1 is 1.14 bits per heavy atom. The van der Waals surface area contributed by atoms with Crippen LogP contribution in [0.15, 0.2) is 48.5 Å². The molecule has 0 saturated carbocycles. The van der Waals surface area contributed by atoms with Crippen molar-refractivity contribution < 1.29 is 14.8 Å². The summed E-state index contributed by atoms with van der Waals surface area (Å²) in [5.74, 6) is -1.04. The molecule has 2 aromatic rings. The Morgan fingerprint density at radius 2 is 1.73 bits per heavy atom. The van der Waals surface area contributed by atoms with Gasteiger partial charge in [0.05, 0.1) is 10.5 Å². The monoisotopic (exact) mass is 297 g/mol. The van der Waals surface area contributed by atoms with Crippen molar-refractivity contribution in [2.75, 3.05) is 0 Å². The van der Waals surface area contributed by atoms with Gasteiger partial charge in [-0.05, 0) is 41.3 Å². The number of rotatable bonds is 5. The van der Waals surface area contributed by atoms with E-state index in [1.165, 1.54) is 30.3 Å². The number of carboxylic acid groups (broad SMARTS) is 1. The Kier molecular flexibility index (Phi) is 4.68. The number of nitrogens with zero attached hydrogens (tertiary/aromatic N) is 1. The number of aryl methyl sites for hydroxylation is 1. The minimum atomic E-state index is -1.04. The molecule has 0 aliphatic rings. The largest absolute Gasteiger partial charge is 0.478 e. The number of carboxylic acids is 1. The van der Waals surface area contributed by atoms with Crippen LogP contribution in [0.3, 0.4) is 0 Å². The second-order valence-corrected chi connectivity index (χ2v) is 4.76. The van der Waals surface area contributed by atoms with E-state index in [1.54, 1.807) is 12.1 Å². The highest BCUT2D eigenvalue weighted by atomic mass is 16.6. The second-order valence-electron chi connectivity index (χ2n) is 4.76. The lowest BCUT2D eigenvalue weighted by atomic mass is 10.0. The minimum absolute atomic E-state index is 0.0266. The molecule has 2 rings (SSSR count). The van der Waals surface area contributed by atoms with Gasteiger partial charge in [0, 0.05) is 12.1 Å². The number of nitro benzene ring substituents is 1. The third-order valence-corrected chi connectivity index (χ3v) is 3.32. The van der Waals surface area contributed by atoms with Crippen molar-refractivity contribution in [2.24, 2.45) is 0 Å². The topological polar surface area (TPSA) is 80.4 Å². The lowest BCUT2D eigenvalue weighted by Gasteiger charge is -2.05. The van der Waals surface area contributed by atoms with Crippen LogP contribution in [-0.4, -0.2) is 16.0 Å². The van der Waals surface area contributed by atoms with Crippen LogP contribution < -0.4 is 0 Å². The van der Waals surface area contributed by atoms with Crippen LogP contribution in [0, 0.1) is 10.1 Å². The molecule has 112 valence electrons. The standard InChI is InChI=1S/C17H15NO4/c1-2-12-3-7-14(8-4-12)16(17(19)20)11-13-5-9-15(10-6-13)18(21)22/h3-11H,2H2,1H3,(H,19,20)/b16-11-. The Morgan fingerprint density at radius 3 is 2.18 bits per heavy atom. The van der Waals surface area contributed by atoms with Crippen molar-refractivity contribution in [1.82, 2.24) is 0 Å². The van der Waals surface area contributed by atoms with Crippen LogP contribution in [-0.2, 0) is 11.2 Å². The first-order valence-electron chi connectivity index (χ1n) is 6.80. The molecule has 5 nitrogen and oxygen atoms in total. The Bertz CT molecular complexity index is 715. The number of benzene rings is 2. The van der Waals surface area contributed by atoms with Crippen LogP contribution in [0.4, 0.5) is 5.69 Å². The first-order chi connectivity index (χ1) is 10.5. The summed E-state index contributed by atoms with van der Waals surface area (Å²) >= 11 is 0. The average molecular weight is 297 g/mol. The summed E-state index contributed by atoms with van der Waals surface area (Å²) in [6.07, 6.45) is 2.39.